The van der Waals surface area contributed by atoms with Gasteiger partial charge in [-0.3, -0.25) is 4.79 Å². The Balaban J connectivity index is 1.92. The fraction of sp³-hybridized carbons (Fsp3) is 0.100. The Morgan fingerprint density at radius 1 is 1.17 bits per heavy atom. The second-order valence-corrected chi connectivity index (χ2v) is 6.99. The van der Waals surface area contributed by atoms with E-state index in [9.17, 15) is 14.4 Å². The fourth-order valence-electron chi connectivity index (χ4n) is 2.66. The van der Waals surface area contributed by atoms with Gasteiger partial charge in [-0.15, -0.1) is 0 Å². The summed E-state index contributed by atoms with van der Waals surface area (Å²) in [5.41, 5.74) is 1.82. The number of carboxylic acid groups (broad SMARTS) is 2. The van der Waals surface area contributed by atoms with E-state index in [-0.39, 0.29) is 5.56 Å². The van der Waals surface area contributed by atoms with Crippen LogP contribution in [-0.4, -0.2) is 40.4 Å². The molecule has 1 aliphatic rings. The highest BCUT2D eigenvalue weighted by atomic mass is 79.9. The van der Waals surface area contributed by atoms with Gasteiger partial charge >= 0.3 is 11.9 Å². The summed E-state index contributed by atoms with van der Waals surface area (Å²) in [6.07, 6.45) is 1.58. The van der Waals surface area contributed by atoms with Gasteiger partial charge in [-0.25, -0.2) is 9.59 Å². The molecule has 0 spiro atoms. The normalized spacial score (nSPS) is 14.8. The third-order valence-corrected chi connectivity index (χ3v) is 4.54. The number of carbonyl (C=O) groups excluding carboxylic acids is 1. The molecule has 3 rings (SSSR count). The summed E-state index contributed by atoms with van der Waals surface area (Å²) in [6, 6.07) is 10.8. The molecule has 29 heavy (non-hydrogen) atoms. The summed E-state index contributed by atoms with van der Waals surface area (Å²) >= 11 is 3.35. The van der Waals surface area contributed by atoms with Gasteiger partial charge < -0.3 is 14.9 Å². The van der Waals surface area contributed by atoms with E-state index in [1.165, 1.54) is 29.3 Å². The number of carboxylic acids is 2. The zero-order chi connectivity index (χ0) is 21.1. The van der Waals surface area contributed by atoms with Crippen molar-refractivity contribution in [3.05, 3.63) is 63.6 Å². The Bertz CT molecular complexity index is 1060. The molecule has 0 bridgehead atoms. The number of hydrazone groups is 1. The predicted molar refractivity (Wildman–Crippen MR) is 109 cm³/mol. The van der Waals surface area contributed by atoms with Gasteiger partial charge in [0.1, 0.15) is 5.75 Å². The number of aromatic carboxylic acids is 1. The third-order valence-electron chi connectivity index (χ3n) is 4.04. The van der Waals surface area contributed by atoms with E-state index in [2.05, 4.69) is 21.0 Å². The van der Waals surface area contributed by atoms with Crippen molar-refractivity contribution in [3.8, 4) is 5.75 Å². The first-order valence-electron chi connectivity index (χ1n) is 8.35. The van der Waals surface area contributed by atoms with Crippen molar-refractivity contribution in [1.82, 2.24) is 0 Å². The monoisotopic (exact) mass is 458 g/mol. The van der Waals surface area contributed by atoms with E-state index in [1.54, 1.807) is 31.2 Å². The predicted octanol–water partition coefficient (Wildman–Crippen LogP) is 3.42. The van der Waals surface area contributed by atoms with Crippen molar-refractivity contribution in [1.29, 1.82) is 0 Å². The van der Waals surface area contributed by atoms with E-state index in [0.29, 0.717) is 28.3 Å². The van der Waals surface area contributed by atoms with Crippen molar-refractivity contribution < 1.29 is 29.3 Å². The van der Waals surface area contributed by atoms with Crippen LogP contribution in [0.4, 0.5) is 5.69 Å². The van der Waals surface area contributed by atoms with Crippen molar-refractivity contribution in [2.75, 3.05) is 11.6 Å². The average molecular weight is 459 g/mol. The highest BCUT2D eigenvalue weighted by Gasteiger charge is 2.29. The largest absolute Gasteiger partial charge is 0.481 e. The number of halogens is 1. The molecule has 0 radical (unpaired) electrons. The second-order valence-electron chi connectivity index (χ2n) is 6.08. The first kappa shape index (κ1) is 20.3. The van der Waals surface area contributed by atoms with Crippen LogP contribution in [0.2, 0.25) is 0 Å². The average Bonchev–Trinajstić information content (AvgIpc) is 2.95. The molecule has 8 nitrogen and oxygen atoms in total. The zero-order valence-corrected chi connectivity index (χ0v) is 16.7. The number of anilines is 1. The lowest BCUT2D eigenvalue weighted by Gasteiger charge is -2.12. The Labute approximate surface area is 173 Å². The quantitative estimate of drug-likeness (QED) is 0.640. The van der Waals surface area contributed by atoms with Gasteiger partial charge in [0.05, 0.1) is 22.5 Å². The van der Waals surface area contributed by atoms with Crippen LogP contribution in [0.1, 0.15) is 22.8 Å². The van der Waals surface area contributed by atoms with E-state index in [4.69, 9.17) is 14.9 Å². The topological polar surface area (TPSA) is 117 Å². The maximum Gasteiger partial charge on any atom is 0.341 e. The number of nitrogens with zero attached hydrogens (tertiary/aromatic N) is 2. The van der Waals surface area contributed by atoms with Crippen molar-refractivity contribution in [2.24, 2.45) is 5.10 Å². The van der Waals surface area contributed by atoms with Gasteiger partial charge in [-0.2, -0.15) is 10.1 Å². The van der Waals surface area contributed by atoms with E-state index < -0.39 is 24.5 Å². The standard InChI is InChI=1S/C20H15BrN2O6/c1-11-16(9-13-8-14(21)4-7-17(13)29-10-18(24)25)19(26)23(22-11)15-5-2-12(3-6-15)20(27)28/h2-9H,10H2,1H3,(H,24,25)(H,27,28). The molecule has 1 amide bonds. The maximum absolute atomic E-state index is 12.9. The van der Waals surface area contributed by atoms with E-state index >= 15 is 0 Å². The molecule has 0 atom stereocenters. The molecule has 9 heteroatoms. The Morgan fingerprint density at radius 3 is 2.48 bits per heavy atom. The van der Waals surface area contributed by atoms with E-state index in [0.717, 1.165) is 4.47 Å². The smallest absolute Gasteiger partial charge is 0.341 e. The lowest BCUT2D eigenvalue weighted by atomic mass is 10.1. The first-order chi connectivity index (χ1) is 13.8. The number of amides is 1. The fourth-order valence-corrected chi connectivity index (χ4v) is 3.04. The maximum atomic E-state index is 12.9. The number of rotatable bonds is 6. The minimum atomic E-state index is -1.11. The third kappa shape index (κ3) is 4.52. The molecule has 2 aromatic rings. The summed E-state index contributed by atoms with van der Waals surface area (Å²) in [7, 11) is 0. The minimum Gasteiger partial charge on any atom is -0.481 e. The lowest BCUT2D eigenvalue weighted by molar-refractivity contribution is -0.139. The highest BCUT2D eigenvalue weighted by Crippen LogP contribution is 2.29. The Hall–Kier alpha value is -3.46. The summed E-state index contributed by atoms with van der Waals surface area (Å²) in [4.78, 5) is 34.7. The molecule has 1 heterocycles. The van der Waals surface area contributed by atoms with Crippen LogP contribution in [-0.2, 0) is 9.59 Å². The molecule has 0 unspecified atom stereocenters. The van der Waals surface area contributed by atoms with Crippen LogP contribution in [0, 0.1) is 0 Å². The van der Waals surface area contributed by atoms with Crippen LogP contribution in [0.5, 0.6) is 5.75 Å². The summed E-state index contributed by atoms with van der Waals surface area (Å²) in [5, 5.41) is 23.3. The highest BCUT2D eigenvalue weighted by molar-refractivity contribution is 9.10. The first-order valence-corrected chi connectivity index (χ1v) is 9.15. The van der Waals surface area contributed by atoms with Gasteiger partial charge in [0.25, 0.3) is 5.91 Å². The molecule has 0 saturated heterocycles. The molecule has 2 aromatic carbocycles. The summed E-state index contributed by atoms with van der Waals surface area (Å²) in [6.45, 7) is 1.16. The number of aliphatic carboxylic acids is 1. The Morgan fingerprint density at radius 2 is 1.86 bits per heavy atom. The van der Waals surface area contributed by atoms with Crippen LogP contribution in [0.25, 0.3) is 6.08 Å². The molecular formula is C20H15BrN2O6. The molecule has 0 aromatic heterocycles. The van der Waals surface area contributed by atoms with Crippen molar-refractivity contribution in [2.45, 2.75) is 6.92 Å². The zero-order valence-electron chi connectivity index (χ0n) is 15.1. The molecule has 0 saturated carbocycles. The molecular weight excluding hydrogens is 444 g/mol. The molecule has 0 fully saturated rings. The number of carbonyl (C=O) groups is 3. The van der Waals surface area contributed by atoms with Gasteiger partial charge in [0.15, 0.2) is 6.61 Å². The molecule has 0 aliphatic carbocycles. The number of ether oxygens (including phenoxy) is 1. The Kier molecular flexibility index (Phi) is 5.79. The SMILES string of the molecule is CC1=NN(c2ccc(C(=O)O)cc2)C(=O)C1=Cc1cc(Br)ccc1OCC(=O)O. The van der Waals surface area contributed by atoms with Crippen molar-refractivity contribution >= 4 is 51.3 Å². The van der Waals surface area contributed by atoms with Gasteiger partial charge in [0, 0.05) is 10.0 Å². The van der Waals surface area contributed by atoms with Crippen LogP contribution in [0.3, 0.4) is 0 Å². The molecule has 148 valence electrons. The van der Waals surface area contributed by atoms with Crippen LogP contribution >= 0.6 is 15.9 Å². The van der Waals surface area contributed by atoms with E-state index in [1.807, 2.05) is 0 Å². The lowest BCUT2D eigenvalue weighted by Crippen LogP contribution is -2.21. The summed E-state index contributed by atoms with van der Waals surface area (Å²) < 4.78 is 6.03. The number of benzene rings is 2. The van der Waals surface area contributed by atoms with Gasteiger partial charge in [-0.1, -0.05) is 15.9 Å². The van der Waals surface area contributed by atoms with Gasteiger partial charge in [-0.05, 0) is 55.5 Å². The summed E-state index contributed by atoms with van der Waals surface area (Å²) in [5.74, 6) is -2.26. The van der Waals surface area contributed by atoms with Gasteiger partial charge in [0.2, 0.25) is 0 Å². The number of hydrogen-bond donors (Lipinski definition) is 2. The van der Waals surface area contributed by atoms with Crippen LogP contribution in [0.15, 0.2) is 57.6 Å². The van der Waals surface area contributed by atoms with Crippen LogP contribution < -0.4 is 9.75 Å². The second kappa shape index (κ2) is 8.27. The molecule has 2 N–H and O–H groups in total. The minimum absolute atomic E-state index is 0.103. The van der Waals surface area contributed by atoms with Crippen molar-refractivity contribution in [3.63, 3.8) is 0 Å². The molecule has 1 aliphatic heterocycles. The number of hydrogen-bond acceptors (Lipinski definition) is 5.